The van der Waals surface area contributed by atoms with Crippen molar-refractivity contribution in [2.45, 2.75) is 168 Å². The predicted octanol–water partition coefficient (Wildman–Crippen LogP) is 6.61. The van der Waals surface area contributed by atoms with E-state index in [4.69, 9.17) is 0 Å². The van der Waals surface area contributed by atoms with Crippen molar-refractivity contribution < 1.29 is 24.7 Å². The molecule has 0 amide bonds. The minimum absolute atomic E-state index is 0. The molecule has 0 aromatic heterocycles. The highest BCUT2D eigenvalue weighted by molar-refractivity contribution is 4.75. The molecule has 0 heterocycles. The Morgan fingerprint density at radius 1 is 0.559 bits per heavy atom. The van der Waals surface area contributed by atoms with Crippen molar-refractivity contribution in [3.63, 3.8) is 0 Å². The summed E-state index contributed by atoms with van der Waals surface area (Å²) in [6, 6.07) is 0.118. The van der Waals surface area contributed by atoms with Crippen molar-refractivity contribution >= 4 is 0 Å². The van der Waals surface area contributed by atoms with E-state index in [1.165, 1.54) is 96.3 Å². The van der Waals surface area contributed by atoms with Gasteiger partial charge in [-0.05, 0) is 40.2 Å². The molecule has 0 radical (unpaired) electrons. The zero-order chi connectivity index (χ0) is 24.0. The van der Waals surface area contributed by atoms with Crippen LogP contribution in [0.3, 0.4) is 0 Å². The summed E-state index contributed by atoms with van der Waals surface area (Å²) < 4.78 is 0. The van der Waals surface area contributed by atoms with Gasteiger partial charge >= 0.3 is 0 Å². The molecule has 0 rings (SSSR count). The maximum atomic E-state index is 10.1. The molecule has 210 valence electrons. The van der Waals surface area contributed by atoms with Crippen LogP contribution in [-0.4, -0.2) is 51.5 Å². The van der Waals surface area contributed by atoms with Crippen molar-refractivity contribution in [3.05, 3.63) is 0 Å². The number of unbranched alkanes of at least 4 members (excludes halogenated alkanes) is 15. The minimum Gasteiger partial charge on any atom is -0.379 e. The number of aliphatic hydroxyl groups excluding tert-OH is 3. The Morgan fingerprint density at radius 3 is 1.24 bits per heavy atom. The van der Waals surface area contributed by atoms with Gasteiger partial charge in [-0.2, -0.15) is 0 Å². The molecule has 0 aliphatic carbocycles. The third-order valence-electron chi connectivity index (χ3n) is 6.59. The number of halogens is 2. The molecule has 0 aromatic carbocycles. The molecule has 0 spiro atoms. The van der Waals surface area contributed by atoms with Crippen molar-refractivity contribution in [1.82, 2.24) is 10.2 Å². The summed E-state index contributed by atoms with van der Waals surface area (Å²) in [6.45, 7) is 8.11. The highest BCUT2D eigenvalue weighted by Crippen LogP contribution is 2.19. The highest BCUT2D eigenvalue weighted by Gasteiger charge is 2.25. The Labute approximate surface area is 209 Å². The molecule has 0 saturated heterocycles. The van der Waals surface area contributed by atoms with Crippen LogP contribution in [-0.2, 0) is 0 Å². The monoisotopic (exact) mass is 498 g/mol. The zero-order valence-electron chi connectivity index (χ0n) is 22.8. The average molecular weight is 499 g/mol. The SMILES string of the molecule is CCCCCCCCCCCCCCCCCCC(CCNC(C)O)N(C(C)O)C(C)O.F.F. The lowest BCUT2D eigenvalue weighted by Crippen LogP contribution is -2.48. The molecule has 0 bridgehead atoms. The molecule has 0 aromatic rings. The largest absolute Gasteiger partial charge is 0.379 e. The van der Waals surface area contributed by atoms with Crippen LogP contribution in [0.1, 0.15) is 143 Å². The van der Waals surface area contributed by atoms with Gasteiger partial charge in [-0.3, -0.25) is 19.6 Å². The Morgan fingerprint density at radius 2 is 0.912 bits per heavy atom. The first-order valence-electron chi connectivity index (χ1n) is 13.9. The van der Waals surface area contributed by atoms with Crippen molar-refractivity contribution in [3.8, 4) is 0 Å². The van der Waals surface area contributed by atoms with Crippen LogP contribution in [0.4, 0.5) is 9.41 Å². The lowest BCUT2D eigenvalue weighted by molar-refractivity contribution is -0.112. The zero-order valence-corrected chi connectivity index (χ0v) is 22.8. The third kappa shape index (κ3) is 23.4. The fourth-order valence-corrected chi connectivity index (χ4v) is 4.75. The predicted molar refractivity (Wildman–Crippen MR) is 142 cm³/mol. The molecule has 5 nitrogen and oxygen atoms in total. The van der Waals surface area contributed by atoms with Gasteiger partial charge in [0, 0.05) is 6.04 Å². The summed E-state index contributed by atoms with van der Waals surface area (Å²) in [5.74, 6) is 0. The molecule has 0 aliphatic rings. The summed E-state index contributed by atoms with van der Waals surface area (Å²) in [7, 11) is 0. The Kier molecular flexibility index (Phi) is 30.6. The van der Waals surface area contributed by atoms with Gasteiger partial charge in [-0.25, -0.2) is 0 Å². The van der Waals surface area contributed by atoms with Crippen LogP contribution in [0, 0.1) is 0 Å². The molecule has 4 atom stereocenters. The molecule has 0 saturated carbocycles. The Bertz CT molecular complexity index is 381. The number of rotatable bonds is 24. The Hall–Kier alpha value is -0.340. The summed E-state index contributed by atoms with van der Waals surface area (Å²) in [6.07, 6.45) is 21.7. The van der Waals surface area contributed by atoms with E-state index in [2.05, 4.69) is 12.2 Å². The van der Waals surface area contributed by atoms with Gasteiger partial charge in [0.05, 0.1) is 0 Å². The standard InChI is InChI=1S/C27H58N2O3.2FH/c1-5-6-7-8-9-10-11-12-13-14-15-16-17-18-19-20-21-27(22-23-28-24(2)30)29(25(3)31)26(4)32;;/h24-28,30-32H,5-23H2,1-4H3;2*1H. The second-order valence-corrected chi connectivity index (χ2v) is 9.88. The van der Waals surface area contributed by atoms with Gasteiger partial charge in [0.2, 0.25) is 0 Å². The van der Waals surface area contributed by atoms with Crippen molar-refractivity contribution in [2.24, 2.45) is 0 Å². The molecular formula is C27H60F2N2O3. The fourth-order valence-electron chi connectivity index (χ4n) is 4.75. The van der Waals surface area contributed by atoms with E-state index >= 15 is 0 Å². The van der Waals surface area contributed by atoms with E-state index < -0.39 is 18.7 Å². The molecule has 34 heavy (non-hydrogen) atoms. The number of hydrogen-bond donors (Lipinski definition) is 4. The summed E-state index contributed by atoms with van der Waals surface area (Å²) in [5, 5.41) is 32.6. The van der Waals surface area contributed by atoms with Crippen LogP contribution in [0.15, 0.2) is 0 Å². The van der Waals surface area contributed by atoms with Gasteiger partial charge in [0.1, 0.15) is 18.7 Å². The van der Waals surface area contributed by atoms with Crippen LogP contribution in [0.25, 0.3) is 0 Å². The molecule has 0 fully saturated rings. The van der Waals surface area contributed by atoms with E-state index in [9.17, 15) is 15.3 Å². The van der Waals surface area contributed by atoms with Crippen molar-refractivity contribution in [2.75, 3.05) is 6.54 Å². The third-order valence-corrected chi connectivity index (χ3v) is 6.59. The van der Waals surface area contributed by atoms with Crippen molar-refractivity contribution in [1.29, 1.82) is 0 Å². The van der Waals surface area contributed by atoms with Gasteiger partial charge in [0.25, 0.3) is 0 Å². The first-order chi connectivity index (χ1) is 15.4. The lowest BCUT2D eigenvalue weighted by atomic mass is 10.0. The topological polar surface area (TPSA) is 76.0 Å². The van der Waals surface area contributed by atoms with Crippen LogP contribution in [0.5, 0.6) is 0 Å². The van der Waals surface area contributed by atoms with E-state index in [-0.39, 0.29) is 15.5 Å². The van der Waals surface area contributed by atoms with Gasteiger partial charge in [-0.1, -0.05) is 110 Å². The Balaban J connectivity index is -0.00000480. The van der Waals surface area contributed by atoms with E-state index in [0.29, 0.717) is 6.54 Å². The lowest BCUT2D eigenvalue weighted by Gasteiger charge is -2.36. The first-order valence-corrected chi connectivity index (χ1v) is 13.9. The average Bonchev–Trinajstić information content (AvgIpc) is 2.72. The highest BCUT2D eigenvalue weighted by atomic mass is 19.0. The number of nitrogens with one attached hydrogen (secondary N) is 1. The fraction of sp³-hybridized carbons (Fsp3) is 1.00. The normalized spacial score (nSPS) is 14.8. The molecule has 0 aliphatic heterocycles. The molecule has 4 N–H and O–H groups in total. The van der Waals surface area contributed by atoms with E-state index in [1.54, 1.807) is 25.7 Å². The maximum absolute atomic E-state index is 10.1. The second kappa shape index (κ2) is 27.3. The minimum atomic E-state index is -0.674. The summed E-state index contributed by atoms with van der Waals surface area (Å²) >= 11 is 0. The maximum Gasteiger partial charge on any atom is 0.106 e. The number of hydrogen-bond acceptors (Lipinski definition) is 5. The van der Waals surface area contributed by atoms with Gasteiger partial charge in [-0.15, -0.1) is 0 Å². The van der Waals surface area contributed by atoms with Crippen LogP contribution >= 0.6 is 0 Å². The molecule has 7 heteroatoms. The van der Waals surface area contributed by atoms with E-state index in [1.807, 2.05) is 0 Å². The van der Waals surface area contributed by atoms with Crippen LogP contribution < -0.4 is 5.32 Å². The van der Waals surface area contributed by atoms with Crippen LogP contribution in [0.2, 0.25) is 0 Å². The summed E-state index contributed by atoms with van der Waals surface area (Å²) in [5.41, 5.74) is 0. The molecular weight excluding hydrogens is 438 g/mol. The van der Waals surface area contributed by atoms with E-state index in [0.717, 1.165) is 19.3 Å². The number of aliphatic hydroxyl groups is 3. The van der Waals surface area contributed by atoms with Gasteiger partial charge < -0.3 is 15.3 Å². The quantitative estimate of drug-likeness (QED) is 0.0890. The smallest absolute Gasteiger partial charge is 0.106 e. The second-order valence-electron chi connectivity index (χ2n) is 9.88. The number of nitrogens with zero attached hydrogens (tertiary/aromatic N) is 1. The summed E-state index contributed by atoms with van der Waals surface area (Å²) in [4.78, 5) is 1.79. The van der Waals surface area contributed by atoms with Gasteiger partial charge in [0.15, 0.2) is 0 Å². The first kappa shape index (κ1) is 38.2. The molecule has 4 unspecified atom stereocenters.